The largest absolute Gasteiger partial charge is 0.364 e. The predicted octanol–water partition coefficient (Wildman–Crippen LogP) is 2.60. The van der Waals surface area contributed by atoms with Crippen LogP contribution in [-0.2, 0) is 14.4 Å². The first kappa shape index (κ1) is 13.5. The molecule has 19 heavy (non-hydrogen) atoms. The lowest BCUT2D eigenvalue weighted by molar-refractivity contribution is -0.143. The number of benzene rings is 2. The third-order valence-electron chi connectivity index (χ3n) is 2.85. The minimum Gasteiger partial charge on any atom is -0.364 e. The van der Waals surface area contributed by atoms with Crippen molar-refractivity contribution in [1.29, 1.82) is 0 Å². The third kappa shape index (κ3) is 3.10. The molecule has 2 rings (SSSR count). The van der Waals surface area contributed by atoms with Crippen molar-refractivity contribution in [2.24, 2.45) is 0 Å². The first-order valence-corrected chi connectivity index (χ1v) is 6.19. The van der Waals surface area contributed by atoms with Crippen LogP contribution in [0.25, 0.3) is 10.8 Å². The zero-order valence-electron chi connectivity index (χ0n) is 11.1. The average molecular weight is 259 g/mol. The van der Waals surface area contributed by atoms with Crippen molar-refractivity contribution in [3.63, 3.8) is 0 Å². The van der Waals surface area contributed by atoms with Crippen LogP contribution in [0.15, 0.2) is 42.5 Å². The number of hydrogen-bond donors (Lipinski definition) is 1. The van der Waals surface area contributed by atoms with Crippen LogP contribution in [0.1, 0.15) is 18.6 Å². The number of fused-ring (bicyclic) bond motifs is 1. The number of rotatable bonds is 5. The van der Waals surface area contributed by atoms with Crippen LogP contribution in [0, 0.1) is 0 Å². The number of ether oxygens (including phenoxy) is 1. The van der Waals surface area contributed by atoms with Gasteiger partial charge in [0.05, 0.1) is 7.11 Å². The Bertz CT molecular complexity index is 568. The van der Waals surface area contributed by atoms with Crippen LogP contribution in [0.4, 0.5) is 0 Å². The Labute approximate surface area is 112 Å². The minimum atomic E-state index is -0.658. The summed E-state index contributed by atoms with van der Waals surface area (Å²) in [6.07, 6.45) is -0.658. The lowest BCUT2D eigenvalue weighted by Crippen LogP contribution is -2.30. The van der Waals surface area contributed by atoms with Crippen molar-refractivity contribution in [3.8, 4) is 0 Å². The summed E-state index contributed by atoms with van der Waals surface area (Å²) < 4.78 is 5.50. The SMILES string of the molecule is CCOC(C(=O)NOC)c1ccc2ccccc2c1. The molecule has 1 unspecified atom stereocenters. The van der Waals surface area contributed by atoms with Crippen LogP contribution in [0.5, 0.6) is 0 Å². The van der Waals surface area contributed by atoms with Gasteiger partial charge in [-0.3, -0.25) is 9.63 Å². The Kier molecular flexibility index (Phi) is 4.49. The van der Waals surface area contributed by atoms with Crippen molar-refractivity contribution in [3.05, 3.63) is 48.0 Å². The molecule has 2 aromatic rings. The Hall–Kier alpha value is -1.91. The fourth-order valence-electron chi connectivity index (χ4n) is 2.01. The summed E-state index contributed by atoms with van der Waals surface area (Å²) in [7, 11) is 1.40. The van der Waals surface area contributed by atoms with Gasteiger partial charge in [-0.25, -0.2) is 5.48 Å². The first-order valence-electron chi connectivity index (χ1n) is 6.19. The van der Waals surface area contributed by atoms with Crippen molar-refractivity contribution >= 4 is 16.7 Å². The summed E-state index contributed by atoms with van der Waals surface area (Å²) in [4.78, 5) is 16.6. The number of nitrogens with one attached hydrogen (secondary N) is 1. The molecule has 0 fully saturated rings. The van der Waals surface area contributed by atoms with E-state index in [0.29, 0.717) is 6.61 Å². The monoisotopic (exact) mass is 259 g/mol. The van der Waals surface area contributed by atoms with E-state index in [2.05, 4.69) is 10.3 Å². The molecular weight excluding hydrogens is 242 g/mol. The molecule has 0 spiro atoms. The van der Waals surface area contributed by atoms with Gasteiger partial charge in [-0.05, 0) is 29.3 Å². The van der Waals surface area contributed by atoms with Crippen LogP contribution >= 0.6 is 0 Å². The highest BCUT2D eigenvalue weighted by molar-refractivity contribution is 5.86. The van der Waals surface area contributed by atoms with Crippen LogP contribution in [0.2, 0.25) is 0 Å². The second kappa shape index (κ2) is 6.31. The maximum atomic E-state index is 11.9. The summed E-state index contributed by atoms with van der Waals surface area (Å²) in [5.74, 6) is -0.306. The zero-order chi connectivity index (χ0) is 13.7. The van der Waals surface area contributed by atoms with E-state index < -0.39 is 6.10 Å². The molecule has 0 radical (unpaired) electrons. The molecule has 0 heterocycles. The van der Waals surface area contributed by atoms with E-state index in [9.17, 15) is 4.79 Å². The van der Waals surface area contributed by atoms with Gasteiger partial charge < -0.3 is 4.74 Å². The Morgan fingerprint density at radius 1 is 1.21 bits per heavy atom. The second-order valence-electron chi connectivity index (χ2n) is 4.11. The quantitative estimate of drug-likeness (QED) is 0.840. The third-order valence-corrected chi connectivity index (χ3v) is 2.85. The average Bonchev–Trinajstić information content (AvgIpc) is 2.44. The minimum absolute atomic E-state index is 0.306. The molecule has 4 nitrogen and oxygen atoms in total. The van der Waals surface area contributed by atoms with Crippen molar-refractivity contribution in [1.82, 2.24) is 5.48 Å². The van der Waals surface area contributed by atoms with Crippen molar-refractivity contribution < 1.29 is 14.4 Å². The Morgan fingerprint density at radius 2 is 1.95 bits per heavy atom. The van der Waals surface area contributed by atoms with Gasteiger partial charge in [0.2, 0.25) is 0 Å². The molecule has 0 aromatic heterocycles. The van der Waals surface area contributed by atoms with E-state index in [0.717, 1.165) is 16.3 Å². The van der Waals surface area contributed by atoms with E-state index in [4.69, 9.17) is 4.74 Å². The maximum Gasteiger partial charge on any atom is 0.277 e. The summed E-state index contributed by atoms with van der Waals surface area (Å²) in [5.41, 5.74) is 3.13. The first-order chi connectivity index (χ1) is 9.26. The number of hydroxylamine groups is 1. The molecule has 1 atom stereocenters. The molecule has 1 amide bonds. The van der Waals surface area contributed by atoms with Gasteiger partial charge in [0.1, 0.15) is 0 Å². The standard InChI is InChI=1S/C15H17NO3/c1-3-19-14(15(17)16-18-2)13-9-8-11-6-4-5-7-12(11)10-13/h4-10,14H,3H2,1-2H3,(H,16,17). The molecule has 1 N–H and O–H groups in total. The number of carbonyl (C=O) groups is 1. The molecule has 0 aliphatic rings. The van der Waals surface area contributed by atoms with Crippen LogP contribution in [0.3, 0.4) is 0 Å². The molecule has 100 valence electrons. The summed E-state index contributed by atoms with van der Waals surface area (Å²) in [5, 5.41) is 2.21. The number of amides is 1. The molecular formula is C15H17NO3. The molecule has 0 aliphatic carbocycles. The van der Waals surface area contributed by atoms with E-state index in [-0.39, 0.29) is 5.91 Å². The molecule has 0 bridgehead atoms. The molecule has 0 saturated heterocycles. The van der Waals surface area contributed by atoms with Crippen molar-refractivity contribution in [2.45, 2.75) is 13.0 Å². The number of carbonyl (C=O) groups excluding carboxylic acids is 1. The van der Waals surface area contributed by atoms with Gasteiger partial charge in [0.25, 0.3) is 5.91 Å². The fourth-order valence-corrected chi connectivity index (χ4v) is 2.01. The van der Waals surface area contributed by atoms with Gasteiger partial charge in [0, 0.05) is 6.61 Å². The predicted molar refractivity (Wildman–Crippen MR) is 73.5 cm³/mol. The smallest absolute Gasteiger partial charge is 0.277 e. The highest BCUT2D eigenvalue weighted by Crippen LogP contribution is 2.23. The van der Waals surface area contributed by atoms with E-state index in [1.807, 2.05) is 49.4 Å². The topological polar surface area (TPSA) is 47.6 Å². The summed E-state index contributed by atoms with van der Waals surface area (Å²) in [6.45, 7) is 2.31. The molecule has 2 aromatic carbocycles. The van der Waals surface area contributed by atoms with Crippen LogP contribution in [-0.4, -0.2) is 19.6 Å². The van der Waals surface area contributed by atoms with E-state index >= 15 is 0 Å². The highest BCUT2D eigenvalue weighted by Gasteiger charge is 2.21. The van der Waals surface area contributed by atoms with Gasteiger partial charge in [-0.15, -0.1) is 0 Å². The number of hydrogen-bond acceptors (Lipinski definition) is 3. The van der Waals surface area contributed by atoms with Gasteiger partial charge >= 0.3 is 0 Å². The normalized spacial score (nSPS) is 12.3. The van der Waals surface area contributed by atoms with Crippen molar-refractivity contribution in [2.75, 3.05) is 13.7 Å². The second-order valence-corrected chi connectivity index (χ2v) is 4.11. The van der Waals surface area contributed by atoms with Gasteiger partial charge in [0.15, 0.2) is 6.10 Å². The van der Waals surface area contributed by atoms with E-state index in [1.54, 1.807) is 0 Å². The summed E-state index contributed by atoms with van der Waals surface area (Å²) in [6, 6.07) is 13.8. The maximum absolute atomic E-state index is 11.9. The Balaban J connectivity index is 2.35. The lowest BCUT2D eigenvalue weighted by atomic mass is 10.0. The Morgan fingerprint density at radius 3 is 2.63 bits per heavy atom. The zero-order valence-corrected chi connectivity index (χ0v) is 11.1. The molecule has 0 aliphatic heterocycles. The molecule has 0 saturated carbocycles. The van der Waals surface area contributed by atoms with Gasteiger partial charge in [-0.1, -0.05) is 36.4 Å². The highest BCUT2D eigenvalue weighted by atomic mass is 16.6. The van der Waals surface area contributed by atoms with E-state index in [1.165, 1.54) is 7.11 Å². The lowest BCUT2D eigenvalue weighted by Gasteiger charge is -2.16. The van der Waals surface area contributed by atoms with Gasteiger partial charge in [-0.2, -0.15) is 0 Å². The van der Waals surface area contributed by atoms with Crippen LogP contribution < -0.4 is 5.48 Å². The molecule has 4 heteroatoms. The fraction of sp³-hybridized carbons (Fsp3) is 0.267. The summed E-state index contributed by atoms with van der Waals surface area (Å²) >= 11 is 0.